The number of benzene rings is 2. The number of hydrogen-bond acceptors (Lipinski definition) is 5. The van der Waals surface area contributed by atoms with Crippen molar-refractivity contribution in [1.29, 1.82) is 0 Å². The predicted molar refractivity (Wildman–Crippen MR) is 87.4 cm³/mol. The van der Waals surface area contributed by atoms with Crippen LogP contribution in [0.4, 0.5) is 22.7 Å². The van der Waals surface area contributed by atoms with Crippen LogP contribution < -0.4 is 10.2 Å². The first-order chi connectivity index (χ1) is 10.4. The molecule has 0 aliphatic carbocycles. The van der Waals surface area contributed by atoms with Gasteiger partial charge in [0.25, 0.3) is 0 Å². The molecule has 0 unspecified atom stereocenters. The molecule has 0 saturated carbocycles. The van der Waals surface area contributed by atoms with Crippen LogP contribution in [0.5, 0.6) is 0 Å². The van der Waals surface area contributed by atoms with Crippen molar-refractivity contribution in [2.45, 2.75) is 6.92 Å². The first kappa shape index (κ1) is 16.3. The van der Waals surface area contributed by atoms with Crippen LogP contribution in [-0.4, -0.2) is 26.6 Å². The largest absolute Gasteiger partial charge is 0.397 e. The number of nitrogens with zero attached hydrogens (tertiary/aromatic N) is 1. The van der Waals surface area contributed by atoms with Crippen LogP contribution in [0.3, 0.4) is 0 Å². The van der Waals surface area contributed by atoms with Gasteiger partial charge in [-0.3, -0.25) is 4.55 Å². The number of anilines is 4. The number of hydrogen-bond donors (Lipinski definition) is 2. The molecule has 1 heterocycles. The third-order valence-corrected chi connectivity index (χ3v) is 3.60. The van der Waals surface area contributed by atoms with E-state index in [1.807, 2.05) is 12.1 Å². The summed E-state index contributed by atoms with van der Waals surface area (Å²) in [7, 11) is -2.08. The van der Waals surface area contributed by atoms with E-state index in [2.05, 4.69) is 57.8 Å². The van der Waals surface area contributed by atoms with Gasteiger partial charge in [0.2, 0.25) is 0 Å². The van der Waals surface area contributed by atoms with Crippen molar-refractivity contribution in [3.8, 4) is 0 Å². The molecule has 6 nitrogen and oxygen atoms in total. The maximum Gasteiger partial charge on any atom is 0.397 e. The minimum absolute atomic E-state index is 0.0289. The molecule has 1 aliphatic heterocycles. The number of nitrogens with one attached hydrogen (secondary N) is 1. The molecule has 0 saturated heterocycles. The smallest absolute Gasteiger partial charge is 0.352 e. The lowest BCUT2D eigenvalue weighted by molar-refractivity contribution is 0.283. The van der Waals surface area contributed by atoms with E-state index < -0.39 is 10.4 Å². The maximum absolute atomic E-state index is 9.56. The summed E-state index contributed by atoms with van der Waals surface area (Å²) in [5, 5.41) is 3.43. The summed E-state index contributed by atoms with van der Waals surface area (Å²) in [6.07, 6.45) is 0. The Hall–Kier alpha value is -2.09. The Morgan fingerprint density at radius 2 is 1.50 bits per heavy atom. The summed E-state index contributed by atoms with van der Waals surface area (Å²) >= 11 is 0. The van der Waals surface area contributed by atoms with Gasteiger partial charge in [-0.25, -0.2) is 4.18 Å². The van der Waals surface area contributed by atoms with Crippen molar-refractivity contribution < 1.29 is 17.2 Å². The third-order valence-electron chi connectivity index (χ3n) is 3.07. The Morgan fingerprint density at radius 1 is 1.05 bits per heavy atom. The van der Waals surface area contributed by atoms with Crippen LogP contribution in [-0.2, 0) is 14.6 Å². The van der Waals surface area contributed by atoms with Crippen molar-refractivity contribution in [1.82, 2.24) is 0 Å². The predicted octanol–water partition coefficient (Wildman–Crippen LogP) is 3.34. The van der Waals surface area contributed by atoms with Gasteiger partial charge < -0.3 is 10.2 Å². The number of para-hydroxylation sites is 4. The van der Waals surface area contributed by atoms with Gasteiger partial charge in [0.15, 0.2) is 0 Å². The normalized spacial score (nSPS) is 12.4. The zero-order chi connectivity index (χ0) is 16.2. The topological polar surface area (TPSA) is 78.9 Å². The SMILES string of the molecule is CCOS(=O)(=O)O.CN1c2ccccc2Nc2ccccc21. The molecule has 0 fully saturated rings. The molecule has 0 aromatic heterocycles. The molecule has 7 heteroatoms. The van der Waals surface area contributed by atoms with E-state index in [-0.39, 0.29) is 6.61 Å². The first-order valence-corrected chi connectivity index (χ1v) is 8.09. The van der Waals surface area contributed by atoms with E-state index in [4.69, 9.17) is 4.55 Å². The van der Waals surface area contributed by atoms with Crippen molar-refractivity contribution in [3.05, 3.63) is 48.5 Å². The third kappa shape index (κ3) is 3.97. The van der Waals surface area contributed by atoms with E-state index in [0.29, 0.717) is 0 Å². The van der Waals surface area contributed by atoms with Gasteiger partial charge in [-0.1, -0.05) is 24.3 Å². The van der Waals surface area contributed by atoms with E-state index in [1.165, 1.54) is 29.7 Å². The Morgan fingerprint density at radius 3 is 1.86 bits per heavy atom. The quantitative estimate of drug-likeness (QED) is 0.826. The Bertz CT molecular complexity index is 701. The van der Waals surface area contributed by atoms with Crippen LogP contribution in [0.2, 0.25) is 0 Å². The Kier molecular flexibility index (Phi) is 5.02. The van der Waals surface area contributed by atoms with Crippen molar-refractivity contribution in [3.63, 3.8) is 0 Å². The summed E-state index contributed by atoms with van der Waals surface area (Å²) in [5.41, 5.74) is 4.77. The van der Waals surface area contributed by atoms with Crippen molar-refractivity contribution >= 4 is 33.1 Å². The van der Waals surface area contributed by atoms with Gasteiger partial charge in [0, 0.05) is 7.05 Å². The summed E-state index contributed by atoms with van der Waals surface area (Å²) in [4.78, 5) is 2.21. The highest BCUT2D eigenvalue weighted by molar-refractivity contribution is 7.80. The molecule has 1 aliphatic rings. The molecule has 2 aromatic carbocycles. The number of rotatable bonds is 2. The van der Waals surface area contributed by atoms with Crippen molar-refractivity contribution in [2.75, 3.05) is 23.9 Å². The second kappa shape index (κ2) is 6.78. The Balaban J connectivity index is 0.000000217. The second-order valence-electron chi connectivity index (χ2n) is 4.55. The van der Waals surface area contributed by atoms with Gasteiger partial charge >= 0.3 is 10.4 Å². The lowest BCUT2D eigenvalue weighted by Crippen LogP contribution is -2.17. The highest BCUT2D eigenvalue weighted by Gasteiger charge is 2.17. The first-order valence-electron chi connectivity index (χ1n) is 6.73. The van der Waals surface area contributed by atoms with Crippen LogP contribution in [0, 0.1) is 0 Å². The fourth-order valence-corrected chi connectivity index (χ4v) is 2.47. The molecule has 118 valence electrons. The standard InChI is InChI=1S/C13H12N2.C2H6O4S/c1-15-12-8-4-2-6-10(12)14-11-7-3-5-9-13(11)15;1-2-6-7(3,4)5/h2-9,14H,1H3;2H2,1H3,(H,3,4,5). The monoisotopic (exact) mass is 322 g/mol. The van der Waals surface area contributed by atoms with Crippen LogP contribution >= 0.6 is 0 Å². The highest BCUT2D eigenvalue weighted by Crippen LogP contribution is 2.41. The molecular formula is C15H18N2O4S. The average Bonchev–Trinajstić information content (AvgIpc) is 2.47. The zero-order valence-electron chi connectivity index (χ0n) is 12.4. The minimum atomic E-state index is -4.17. The van der Waals surface area contributed by atoms with Gasteiger partial charge in [0.05, 0.1) is 29.4 Å². The molecule has 0 atom stereocenters. The fraction of sp³-hybridized carbons (Fsp3) is 0.200. The molecule has 0 spiro atoms. The summed E-state index contributed by atoms with van der Waals surface area (Å²) in [6.45, 7) is 1.44. The fourth-order valence-electron chi connectivity index (χ4n) is 2.17. The molecule has 0 amide bonds. The molecule has 2 N–H and O–H groups in total. The molecule has 0 radical (unpaired) electrons. The van der Waals surface area contributed by atoms with Gasteiger partial charge in [0.1, 0.15) is 0 Å². The van der Waals surface area contributed by atoms with E-state index in [9.17, 15) is 8.42 Å². The van der Waals surface area contributed by atoms with Crippen LogP contribution in [0.25, 0.3) is 0 Å². The lowest BCUT2D eigenvalue weighted by atomic mass is 10.1. The summed E-state index contributed by atoms with van der Waals surface area (Å²) in [5.74, 6) is 0. The van der Waals surface area contributed by atoms with E-state index in [0.717, 1.165) is 0 Å². The molecule has 22 heavy (non-hydrogen) atoms. The molecular weight excluding hydrogens is 304 g/mol. The molecule has 0 bridgehead atoms. The van der Waals surface area contributed by atoms with Crippen LogP contribution in [0.15, 0.2) is 48.5 Å². The Labute approximate surface area is 130 Å². The van der Waals surface area contributed by atoms with Gasteiger partial charge in [-0.15, -0.1) is 0 Å². The van der Waals surface area contributed by atoms with Gasteiger partial charge in [-0.2, -0.15) is 8.42 Å². The minimum Gasteiger partial charge on any atom is -0.352 e. The second-order valence-corrected chi connectivity index (χ2v) is 5.64. The van der Waals surface area contributed by atoms with E-state index in [1.54, 1.807) is 0 Å². The molecule has 2 aromatic rings. The zero-order valence-corrected chi connectivity index (χ0v) is 13.2. The van der Waals surface area contributed by atoms with Crippen LogP contribution in [0.1, 0.15) is 6.92 Å². The van der Waals surface area contributed by atoms with Crippen molar-refractivity contribution in [2.24, 2.45) is 0 Å². The van der Waals surface area contributed by atoms with E-state index >= 15 is 0 Å². The highest BCUT2D eigenvalue weighted by atomic mass is 32.3. The molecule has 3 rings (SSSR count). The summed E-state index contributed by atoms with van der Waals surface area (Å²) in [6, 6.07) is 16.7. The lowest BCUT2D eigenvalue weighted by Gasteiger charge is -2.30. The van der Waals surface area contributed by atoms with Gasteiger partial charge in [-0.05, 0) is 31.2 Å². The number of fused-ring (bicyclic) bond motifs is 2. The summed E-state index contributed by atoms with van der Waals surface area (Å²) < 4.78 is 30.7. The maximum atomic E-state index is 9.56. The average molecular weight is 322 g/mol.